The molecule has 1 aromatic rings. The Hall–Kier alpha value is -1.95. The minimum Gasteiger partial charge on any atom is -0.370 e. The molecule has 21 heavy (non-hydrogen) atoms. The summed E-state index contributed by atoms with van der Waals surface area (Å²) in [6.45, 7) is 3.38. The number of likely N-dealkylation sites (tertiary alicyclic amines) is 1. The summed E-state index contributed by atoms with van der Waals surface area (Å²) in [4.78, 5) is 26.5. The van der Waals surface area contributed by atoms with E-state index in [0.29, 0.717) is 6.04 Å². The molecule has 1 unspecified atom stereocenters. The molecule has 0 N–H and O–H groups in total. The Morgan fingerprint density at radius 1 is 1.48 bits per heavy atom. The highest BCUT2D eigenvalue weighted by atomic mass is 16.6. The third-order valence-corrected chi connectivity index (χ3v) is 4.11. The van der Waals surface area contributed by atoms with Crippen molar-refractivity contribution in [3.63, 3.8) is 0 Å². The summed E-state index contributed by atoms with van der Waals surface area (Å²) in [6, 6.07) is 5.19. The highest BCUT2D eigenvalue weighted by Gasteiger charge is 2.24. The summed E-state index contributed by atoms with van der Waals surface area (Å²) in [7, 11) is 4.04. The van der Waals surface area contributed by atoms with Gasteiger partial charge in [-0.25, -0.2) is 0 Å². The maximum Gasteiger partial charge on any atom is 0.282 e. The number of hydrogen-bond acceptors (Lipinski definition) is 5. The normalized spacial score (nSPS) is 19.3. The lowest BCUT2D eigenvalue weighted by atomic mass is 10.0. The van der Waals surface area contributed by atoms with Crippen molar-refractivity contribution >= 4 is 17.2 Å². The Labute approximate surface area is 124 Å². The summed E-state index contributed by atoms with van der Waals surface area (Å²) in [6.07, 6.45) is 2.20. The smallest absolute Gasteiger partial charge is 0.282 e. The molecule has 1 heterocycles. The van der Waals surface area contributed by atoms with Crippen molar-refractivity contribution in [2.24, 2.45) is 0 Å². The molecule has 1 atom stereocenters. The first kappa shape index (κ1) is 15.4. The van der Waals surface area contributed by atoms with Crippen LogP contribution in [-0.4, -0.2) is 48.8 Å². The van der Waals surface area contributed by atoms with Crippen LogP contribution in [0.15, 0.2) is 18.2 Å². The van der Waals surface area contributed by atoms with Crippen LogP contribution in [0.25, 0.3) is 0 Å². The van der Waals surface area contributed by atoms with E-state index in [1.807, 2.05) is 7.05 Å². The van der Waals surface area contributed by atoms with Gasteiger partial charge in [0.05, 0.1) is 10.5 Å². The number of likely N-dealkylation sites (N-methyl/N-ethyl adjacent to an activating group) is 2. The van der Waals surface area contributed by atoms with Crippen molar-refractivity contribution in [2.45, 2.75) is 25.8 Å². The number of rotatable bonds is 4. The van der Waals surface area contributed by atoms with Gasteiger partial charge in [0, 0.05) is 31.4 Å². The van der Waals surface area contributed by atoms with Gasteiger partial charge in [-0.1, -0.05) is 0 Å². The number of nitro groups is 1. The van der Waals surface area contributed by atoms with E-state index in [9.17, 15) is 14.9 Å². The van der Waals surface area contributed by atoms with Crippen molar-refractivity contribution in [1.29, 1.82) is 0 Å². The second-order valence-corrected chi connectivity index (χ2v) is 5.68. The number of nitro benzene ring substituents is 1. The van der Waals surface area contributed by atoms with E-state index in [2.05, 4.69) is 16.8 Å². The highest BCUT2D eigenvalue weighted by molar-refractivity contribution is 5.98. The third-order valence-electron chi connectivity index (χ3n) is 4.11. The Morgan fingerprint density at radius 3 is 2.76 bits per heavy atom. The molecule has 1 aliphatic rings. The first-order valence-electron chi connectivity index (χ1n) is 7.11. The van der Waals surface area contributed by atoms with E-state index >= 15 is 0 Å². The van der Waals surface area contributed by atoms with Crippen LogP contribution in [0, 0.1) is 10.1 Å². The monoisotopic (exact) mass is 291 g/mol. The zero-order chi connectivity index (χ0) is 15.6. The van der Waals surface area contributed by atoms with E-state index in [1.54, 1.807) is 12.1 Å². The first-order chi connectivity index (χ1) is 9.90. The molecule has 0 amide bonds. The van der Waals surface area contributed by atoms with Crippen LogP contribution in [-0.2, 0) is 0 Å². The minimum absolute atomic E-state index is 0.115. The molecule has 2 rings (SSSR count). The second kappa shape index (κ2) is 6.22. The maximum absolute atomic E-state index is 11.5. The third kappa shape index (κ3) is 3.39. The van der Waals surface area contributed by atoms with Crippen LogP contribution in [0.5, 0.6) is 0 Å². The van der Waals surface area contributed by atoms with Crippen molar-refractivity contribution in [2.75, 3.05) is 32.1 Å². The highest BCUT2D eigenvalue weighted by Crippen LogP contribution is 2.28. The van der Waals surface area contributed by atoms with Gasteiger partial charge >= 0.3 is 0 Å². The molecule has 0 bridgehead atoms. The second-order valence-electron chi connectivity index (χ2n) is 5.68. The summed E-state index contributed by atoms with van der Waals surface area (Å²) in [5, 5.41) is 11.2. The quantitative estimate of drug-likeness (QED) is 0.484. The topological polar surface area (TPSA) is 66.7 Å². The Bertz CT molecular complexity index is 559. The zero-order valence-corrected chi connectivity index (χ0v) is 12.7. The maximum atomic E-state index is 11.5. The van der Waals surface area contributed by atoms with Gasteiger partial charge < -0.3 is 9.80 Å². The SMILES string of the molecule is CC(=O)c1ccc(N(C)C2CCCN(C)C2)cc1[N+](=O)[O-]. The number of carbonyl (C=O) groups is 1. The standard InChI is InChI=1S/C15H21N3O3/c1-11(19)14-7-6-12(9-15(14)18(20)21)17(3)13-5-4-8-16(2)10-13/h6-7,9,13H,4-5,8,10H2,1-3H3. The van der Waals surface area contributed by atoms with E-state index in [-0.39, 0.29) is 17.0 Å². The van der Waals surface area contributed by atoms with E-state index < -0.39 is 4.92 Å². The van der Waals surface area contributed by atoms with Gasteiger partial charge in [-0.3, -0.25) is 14.9 Å². The molecule has 1 aliphatic heterocycles. The largest absolute Gasteiger partial charge is 0.370 e. The Kier molecular flexibility index (Phi) is 4.57. The summed E-state index contributed by atoms with van der Waals surface area (Å²) >= 11 is 0. The van der Waals surface area contributed by atoms with Gasteiger partial charge in [-0.2, -0.15) is 0 Å². The van der Waals surface area contributed by atoms with Gasteiger partial charge in [0.25, 0.3) is 5.69 Å². The van der Waals surface area contributed by atoms with Crippen LogP contribution >= 0.6 is 0 Å². The molecule has 0 saturated carbocycles. The van der Waals surface area contributed by atoms with Gasteiger partial charge in [0.2, 0.25) is 0 Å². The van der Waals surface area contributed by atoms with Crippen LogP contribution in [0.2, 0.25) is 0 Å². The molecule has 0 aliphatic carbocycles. The number of hydrogen-bond donors (Lipinski definition) is 0. The lowest BCUT2D eigenvalue weighted by molar-refractivity contribution is -0.385. The lowest BCUT2D eigenvalue weighted by Gasteiger charge is -2.37. The minimum atomic E-state index is -0.485. The van der Waals surface area contributed by atoms with Crippen LogP contribution < -0.4 is 4.90 Å². The number of anilines is 1. The molecular formula is C15H21N3O3. The average Bonchev–Trinajstić information content (AvgIpc) is 2.45. The predicted octanol–water partition coefficient (Wildman–Crippen LogP) is 2.33. The van der Waals surface area contributed by atoms with Crippen molar-refractivity contribution in [3.8, 4) is 0 Å². The number of piperidine rings is 1. The molecule has 0 spiro atoms. The first-order valence-corrected chi connectivity index (χ1v) is 7.11. The van der Waals surface area contributed by atoms with Gasteiger partial charge in [0.1, 0.15) is 0 Å². The Balaban J connectivity index is 2.29. The van der Waals surface area contributed by atoms with E-state index in [1.165, 1.54) is 13.0 Å². The fraction of sp³-hybridized carbons (Fsp3) is 0.533. The molecule has 1 aromatic carbocycles. The molecule has 114 valence electrons. The number of benzene rings is 1. The van der Waals surface area contributed by atoms with Crippen LogP contribution in [0.3, 0.4) is 0 Å². The summed E-state index contributed by atoms with van der Waals surface area (Å²) < 4.78 is 0. The zero-order valence-electron chi connectivity index (χ0n) is 12.7. The number of carbonyl (C=O) groups excluding carboxylic acids is 1. The van der Waals surface area contributed by atoms with Gasteiger partial charge in [-0.05, 0) is 45.5 Å². The average molecular weight is 291 g/mol. The molecule has 0 radical (unpaired) electrons. The molecule has 0 aromatic heterocycles. The summed E-state index contributed by atoms with van der Waals surface area (Å²) in [5.74, 6) is -0.284. The van der Waals surface area contributed by atoms with Crippen molar-refractivity contribution in [1.82, 2.24) is 4.90 Å². The predicted molar refractivity (Wildman–Crippen MR) is 82.0 cm³/mol. The fourth-order valence-corrected chi connectivity index (χ4v) is 2.85. The number of Topliss-reactive ketones (excluding diaryl/α,β-unsaturated/α-hetero) is 1. The number of nitrogens with zero attached hydrogens (tertiary/aromatic N) is 3. The Morgan fingerprint density at radius 2 is 2.19 bits per heavy atom. The molecule has 1 saturated heterocycles. The summed E-state index contributed by atoms with van der Waals surface area (Å²) in [5.41, 5.74) is 0.834. The molecule has 1 fully saturated rings. The van der Waals surface area contributed by atoms with Crippen molar-refractivity contribution in [3.05, 3.63) is 33.9 Å². The van der Waals surface area contributed by atoms with Crippen molar-refractivity contribution < 1.29 is 9.72 Å². The van der Waals surface area contributed by atoms with Gasteiger partial charge in [0.15, 0.2) is 5.78 Å². The van der Waals surface area contributed by atoms with Gasteiger partial charge in [-0.15, -0.1) is 0 Å². The van der Waals surface area contributed by atoms with Crippen LogP contribution in [0.1, 0.15) is 30.1 Å². The van der Waals surface area contributed by atoms with Crippen LogP contribution in [0.4, 0.5) is 11.4 Å². The van der Waals surface area contributed by atoms with E-state index in [0.717, 1.165) is 31.6 Å². The molecular weight excluding hydrogens is 270 g/mol. The molecule has 6 nitrogen and oxygen atoms in total. The lowest BCUT2D eigenvalue weighted by Crippen LogP contribution is -2.45. The number of ketones is 1. The fourth-order valence-electron chi connectivity index (χ4n) is 2.85. The molecule has 6 heteroatoms. The van der Waals surface area contributed by atoms with E-state index in [4.69, 9.17) is 0 Å².